The van der Waals surface area contributed by atoms with E-state index in [0.29, 0.717) is 24.9 Å². The van der Waals surface area contributed by atoms with Crippen molar-refractivity contribution in [2.24, 2.45) is 16.8 Å². The molecule has 0 aliphatic heterocycles. The Hall–Kier alpha value is -3.06. The number of hydrogen-bond acceptors (Lipinski definition) is 6. The number of nitrogens with zero attached hydrogens (tertiary/aromatic N) is 1. The Bertz CT molecular complexity index is 829. The van der Waals surface area contributed by atoms with Gasteiger partial charge in [0.05, 0.1) is 12.1 Å². The van der Waals surface area contributed by atoms with Crippen molar-refractivity contribution >= 4 is 11.7 Å². The molecule has 0 heterocycles. The summed E-state index contributed by atoms with van der Waals surface area (Å²) in [4.78, 5) is 15.6. The maximum atomic E-state index is 10.7. The van der Waals surface area contributed by atoms with Crippen molar-refractivity contribution in [3.05, 3.63) is 59.7 Å². The first-order chi connectivity index (χ1) is 14.0. The van der Waals surface area contributed by atoms with E-state index in [9.17, 15) is 4.79 Å². The molecule has 0 radical (unpaired) electrons. The third-order valence-corrected chi connectivity index (χ3v) is 4.68. The Morgan fingerprint density at radius 2 is 1.72 bits per heavy atom. The molecule has 29 heavy (non-hydrogen) atoms. The summed E-state index contributed by atoms with van der Waals surface area (Å²) in [5.41, 5.74) is 8.59. The third-order valence-electron chi connectivity index (χ3n) is 4.68. The summed E-state index contributed by atoms with van der Waals surface area (Å²) in [5.74, 6) is 1.05. The third kappa shape index (κ3) is 6.50. The van der Waals surface area contributed by atoms with Gasteiger partial charge in [-0.2, -0.15) is 0 Å². The van der Waals surface area contributed by atoms with Gasteiger partial charge >= 0.3 is 5.97 Å². The van der Waals surface area contributed by atoms with Gasteiger partial charge in [0.15, 0.2) is 0 Å². The fourth-order valence-electron chi connectivity index (χ4n) is 2.88. The molecular weight excluding hydrogens is 372 g/mol. The number of rotatable bonds is 11. The summed E-state index contributed by atoms with van der Waals surface area (Å²) >= 11 is 0. The molecule has 1 aliphatic carbocycles. The zero-order chi connectivity index (χ0) is 20.6. The topological polar surface area (TPSA) is 103 Å². The van der Waals surface area contributed by atoms with Gasteiger partial charge in [0.25, 0.3) is 0 Å². The van der Waals surface area contributed by atoms with Crippen LogP contribution in [0.15, 0.2) is 53.7 Å². The van der Waals surface area contributed by atoms with Crippen LogP contribution >= 0.6 is 0 Å². The van der Waals surface area contributed by atoms with Gasteiger partial charge in [0.2, 0.25) is 0 Å². The second kappa shape index (κ2) is 9.93. The maximum absolute atomic E-state index is 10.7. The van der Waals surface area contributed by atoms with Crippen LogP contribution in [0.3, 0.4) is 0 Å². The first kappa shape index (κ1) is 20.7. The van der Waals surface area contributed by atoms with Gasteiger partial charge in [-0.25, -0.2) is 0 Å². The molecule has 7 nitrogen and oxygen atoms in total. The molecule has 1 unspecified atom stereocenters. The van der Waals surface area contributed by atoms with Gasteiger partial charge in [-0.05, 0) is 48.2 Å². The van der Waals surface area contributed by atoms with E-state index in [1.165, 1.54) is 0 Å². The van der Waals surface area contributed by atoms with E-state index >= 15 is 0 Å². The van der Waals surface area contributed by atoms with E-state index < -0.39 is 12.0 Å². The highest BCUT2D eigenvalue weighted by atomic mass is 16.6. The van der Waals surface area contributed by atoms with Crippen LogP contribution in [0.4, 0.5) is 0 Å². The van der Waals surface area contributed by atoms with E-state index in [4.69, 9.17) is 25.2 Å². The monoisotopic (exact) mass is 398 g/mol. The Morgan fingerprint density at radius 3 is 2.31 bits per heavy atom. The molecule has 0 bridgehead atoms. The molecule has 1 atom stereocenters. The molecule has 1 saturated carbocycles. The SMILES string of the molecule is CO/N=C(/COc1ccc(COc2ccc(C(N)CC(=O)O)cc2)cc1)C1CC1. The van der Waals surface area contributed by atoms with Gasteiger partial charge in [-0.3, -0.25) is 4.79 Å². The second-order valence-electron chi connectivity index (χ2n) is 7.03. The average Bonchev–Trinajstić information content (AvgIpc) is 3.55. The summed E-state index contributed by atoms with van der Waals surface area (Å²) in [6, 6.07) is 14.4. The highest BCUT2D eigenvalue weighted by molar-refractivity contribution is 5.89. The molecule has 0 spiro atoms. The molecular formula is C22H26N2O5. The molecule has 154 valence electrons. The Morgan fingerprint density at radius 1 is 1.10 bits per heavy atom. The van der Waals surface area contributed by atoms with Crippen LogP contribution in [-0.4, -0.2) is 30.5 Å². The quantitative estimate of drug-likeness (QED) is 0.443. The lowest BCUT2D eigenvalue weighted by molar-refractivity contribution is -0.137. The summed E-state index contributed by atoms with van der Waals surface area (Å²) in [6.45, 7) is 0.851. The summed E-state index contributed by atoms with van der Waals surface area (Å²) in [5, 5.41) is 12.9. The van der Waals surface area contributed by atoms with Crippen molar-refractivity contribution in [2.75, 3.05) is 13.7 Å². The van der Waals surface area contributed by atoms with Crippen LogP contribution in [0.1, 0.15) is 36.4 Å². The molecule has 2 aromatic carbocycles. The van der Waals surface area contributed by atoms with Crippen molar-refractivity contribution in [2.45, 2.75) is 31.9 Å². The zero-order valence-corrected chi connectivity index (χ0v) is 16.4. The van der Waals surface area contributed by atoms with Gasteiger partial charge < -0.3 is 25.2 Å². The Kier molecular flexibility index (Phi) is 7.08. The van der Waals surface area contributed by atoms with Crippen LogP contribution in [0.25, 0.3) is 0 Å². The highest BCUT2D eigenvalue weighted by Gasteiger charge is 2.28. The number of ether oxygens (including phenoxy) is 2. The summed E-state index contributed by atoms with van der Waals surface area (Å²) in [6.07, 6.45) is 2.19. The number of nitrogens with two attached hydrogens (primary N) is 1. The average molecular weight is 398 g/mol. The minimum Gasteiger partial charge on any atom is -0.489 e. The summed E-state index contributed by atoms with van der Waals surface area (Å²) in [7, 11) is 1.55. The number of oxime groups is 1. The van der Waals surface area contributed by atoms with Gasteiger partial charge in [0, 0.05) is 12.0 Å². The van der Waals surface area contributed by atoms with E-state index in [1.807, 2.05) is 24.3 Å². The lowest BCUT2D eigenvalue weighted by Crippen LogP contribution is -2.14. The van der Waals surface area contributed by atoms with E-state index in [-0.39, 0.29) is 6.42 Å². The molecule has 3 N–H and O–H groups in total. The predicted molar refractivity (Wildman–Crippen MR) is 109 cm³/mol. The Balaban J connectivity index is 1.47. The van der Waals surface area contributed by atoms with Crippen molar-refractivity contribution in [3.8, 4) is 11.5 Å². The first-order valence-electron chi connectivity index (χ1n) is 9.57. The van der Waals surface area contributed by atoms with Crippen LogP contribution in [-0.2, 0) is 16.2 Å². The fourth-order valence-corrected chi connectivity index (χ4v) is 2.88. The van der Waals surface area contributed by atoms with Crippen LogP contribution in [0.2, 0.25) is 0 Å². The lowest BCUT2D eigenvalue weighted by Gasteiger charge is -2.12. The van der Waals surface area contributed by atoms with E-state index in [2.05, 4.69) is 5.16 Å². The molecule has 0 aromatic heterocycles. The van der Waals surface area contributed by atoms with Crippen molar-refractivity contribution < 1.29 is 24.2 Å². The van der Waals surface area contributed by atoms with Crippen LogP contribution in [0.5, 0.6) is 11.5 Å². The molecule has 3 rings (SSSR count). The normalized spacial score (nSPS) is 14.9. The molecule has 7 heteroatoms. The maximum Gasteiger partial charge on any atom is 0.305 e. The number of hydrogen-bond donors (Lipinski definition) is 2. The smallest absolute Gasteiger partial charge is 0.305 e. The molecule has 0 amide bonds. The molecule has 2 aromatic rings. The molecule has 0 saturated heterocycles. The highest BCUT2D eigenvalue weighted by Crippen LogP contribution is 2.31. The predicted octanol–water partition coefficient (Wildman–Crippen LogP) is 3.53. The number of carbonyl (C=O) groups is 1. The largest absolute Gasteiger partial charge is 0.489 e. The first-order valence-corrected chi connectivity index (χ1v) is 9.57. The van der Waals surface area contributed by atoms with E-state index in [1.54, 1.807) is 31.4 Å². The van der Waals surface area contributed by atoms with Crippen LogP contribution < -0.4 is 15.2 Å². The molecule has 1 aliphatic rings. The van der Waals surface area contributed by atoms with Gasteiger partial charge in [-0.1, -0.05) is 29.4 Å². The fraction of sp³-hybridized carbons (Fsp3) is 0.364. The molecule has 1 fully saturated rings. The minimum atomic E-state index is -0.917. The van der Waals surface area contributed by atoms with Gasteiger partial charge in [-0.15, -0.1) is 0 Å². The number of benzene rings is 2. The number of carboxylic acid groups (broad SMARTS) is 1. The van der Waals surface area contributed by atoms with Crippen molar-refractivity contribution in [3.63, 3.8) is 0 Å². The van der Waals surface area contributed by atoms with Crippen molar-refractivity contribution in [1.82, 2.24) is 0 Å². The minimum absolute atomic E-state index is 0.103. The van der Waals surface area contributed by atoms with Crippen molar-refractivity contribution in [1.29, 1.82) is 0 Å². The van der Waals surface area contributed by atoms with Crippen LogP contribution in [0, 0.1) is 5.92 Å². The standard InChI is InChI=1S/C22H26N2O5/c1-27-24-21(17-4-5-17)14-29-18-8-2-15(3-9-18)13-28-19-10-6-16(7-11-19)20(23)12-22(25)26/h2-3,6-11,17,20H,4-5,12-14,23H2,1H3,(H,25,26)/b24-21-. The van der Waals surface area contributed by atoms with Gasteiger partial charge in [0.1, 0.15) is 31.8 Å². The number of aliphatic carboxylic acids is 1. The Labute approximate surface area is 170 Å². The van der Waals surface area contributed by atoms with E-state index in [0.717, 1.165) is 35.4 Å². The second-order valence-corrected chi connectivity index (χ2v) is 7.03. The summed E-state index contributed by atoms with van der Waals surface area (Å²) < 4.78 is 11.6. The number of carboxylic acids is 1. The zero-order valence-electron chi connectivity index (χ0n) is 16.4. The lowest BCUT2D eigenvalue weighted by atomic mass is 10.0.